The van der Waals surface area contributed by atoms with E-state index in [1.807, 2.05) is 0 Å². The molecular formula is C13H23BrO10. The van der Waals surface area contributed by atoms with E-state index < -0.39 is 68.0 Å². The van der Waals surface area contributed by atoms with Crippen molar-refractivity contribution in [3.05, 3.63) is 0 Å². The maximum absolute atomic E-state index is 10.2. The van der Waals surface area contributed by atoms with E-state index in [2.05, 4.69) is 15.9 Å². The third-order valence-corrected chi connectivity index (χ3v) is 4.80. The third-order valence-electron chi connectivity index (χ3n) is 4.16. The highest BCUT2D eigenvalue weighted by Crippen LogP contribution is 2.29. The van der Waals surface area contributed by atoms with Crippen molar-refractivity contribution < 1.29 is 49.6 Å². The lowest BCUT2D eigenvalue weighted by atomic mass is 9.97. The van der Waals surface area contributed by atoms with Gasteiger partial charge in [0.1, 0.15) is 42.7 Å². The van der Waals surface area contributed by atoms with Crippen LogP contribution in [0.1, 0.15) is 0 Å². The number of hydrogen-bond acceptors (Lipinski definition) is 10. The lowest BCUT2D eigenvalue weighted by Gasteiger charge is -2.45. The molecule has 2 saturated heterocycles. The summed E-state index contributed by atoms with van der Waals surface area (Å²) in [7, 11) is 1.31. The summed E-state index contributed by atoms with van der Waals surface area (Å²) < 4.78 is 21.1. The summed E-state index contributed by atoms with van der Waals surface area (Å²) in [5.74, 6) is 0. The lowest BCUT2D eigenvalue weighted by Crippen LogP contribution is -2.64. The van der Waals surface area contributed by atoms with E-state index in [4.69, 9.17) is 18.9 Å². The Morgan fingerprint density at radius 2 is 1.42 bits per heavy atom. The van der Waals surface area contributed by atoms with Crippen molar-refractivity contribution in [2.24, 2.45) is 0 Å². The molecule has 0 radical (unpaired) electrons. The maximum atomic E-state index is 10.2. The average molecular weight is 419 g/mol. The smallest absolute Gasteiger partial charge is 0.187 e. The molecule has 0 spiro atoms. The summed E-state index contributed by atoms with van der Waals surface area (Å²) in [4.78, 5) is 0. The lowest BCUT2D eigenvalue weighted by molar-refractivity contribution is -0.352. The van der Waals surface area contributed by atoms with Gasteiger partial charge in [0.15, 0.2) is 12.6 Å². The quantitative estimate of drug-likeness (QED) is 0.249. The van der Waals surface area contributed by atoms with Gasteiger partial charge in [0.2, 0.25) is 0 Å². The molecular weight excluding hydrogens is 396 g/mol. The van der Waals surface area contributed by atoms with Crippen molar-refractivity contribution in [1.82, 2.24) is 0 Å². The minimum atomic E-state index is -1.62. The van der Waals surface area contributed by atoms with Crippen LogP contribution in [0.15, 0.2) is 0 Å². The van der Waals surface area contributed by atoms with Gasteiger partial charge in [-0.1, -0.05) is 15.9 Å². The Morgan fingerprint density at radius 1 is 0.833 bits per heavy atom. The van der Waals surface area contributed by atoms with Gasteiger partial charge in [-0.05, 0) is 0 Å². The number of halogens is 1. The van der Waals surface area contributed by atoms with Crippen molar-refractivity contribution in [3.63, 3.8) is 0 Å². The summed E-state index contributed by atoms with van der Waals surface area (Å²) in [5, 5.41) is 59.1. The van der Waals surface area contributed by atoms with Crippen LogP contribution < -0.4 is 0 Å². The number of alkyl halides is 1. The number of methoxy groups -OCH3 is 1. The molecule has 0 saturated carbocycles. The Balaban J connectivity index is 2.12. The summed E-state index contributed by atoms with van der Waals surface area (Å²) in [6, 6.07) is 0. The van der Waals surface area contributed by atoms with Crippen molar-refractivity contribution in [2.75, 3.05) is 19.0 Å². The van der Waals surface area contributed by atoms with Crippen LogP contribution in [0.25, 0.3) is 0 Å². The van der Waals surface area contributed by atoms with Gasteiger partial charge in [0.25, 0.3) is 0 Å². The second-order valence-corrected chi connectivity index (χ2v) is 6.36. The molecule has 10 nitrogen and oxygen atoms in total. The van der Waals surface area contributed by atoms with Gasteiger partial charge in [0, 0.05) is 12.4 Å². The first kappa shape index (κ1) is 20.4. The molecule has 142 valence electrons. The van der Waals surface area contributed by atoms with Crippen molar-refractivity contribution in [1.29, 1.82) is 0 Å². The van der Waals surface area contributed by atoms with Gasteiger partial charge in [-0.25, -0.2) is 0 Å². The predicted molar refractivity (Wildman–Crippen MR) is 80.1 cm³/mol. The van der Waals surface area contributed by atoms with Gasteiger partial charge in [-0.3, -0.25) is 0 Å². The first-order chi connectivity index (χ1) is 11.3. The summed E-state index contributed by atoms with van der Waals surface area (Å²) in [5.41, 5.74) is 0. The van der Waals surface area contributed by atoms with Crippen LogP contribution in [0.2, 0.25) is 0 Å². The van der Waals surface area contributed by atoms with E-state index in [1.54, 1.807) is 0 Å². The number of ether oxygens (including phenoxy) is 4. The molecule has 11 heteroatoms. The topological polar surface area (TPSA) is 158 Å². The molecule has 0 amide bonds. The second kappa shape index (κ2) is 8.64. The molecule has 0 aliphatic carbocycles. The molecule has 0 aromatic heterocycles. The maximum Gasteiger partial charge on any atom is 0.187 e. The highest BCUT2D eigenvalue weighted by molar-refractivity contribution is 9.09. The average Bonchev–Trinajstić information content (AvgIpc) is 2.59. The van der Waals surface area contributed by atoms with Gasteiger partial charge >= 0.3 is 0 Å². The number of aliphatic hydroxyl groups excluding tert-OH is 6. The molecule has 24 heavy (non-hydrogen) atoms. The monoisotopic (exact) mass is 418 g/mol. The van der Waals surface area contributed by atoms with E-state index >= 15 is 0 Å². The zero-order chi connectivity index (χ0) is 18.0. The van der Waals surface area contributed by atoms with E-state index in [0.717, 1.165) is 0 Å². The van der Waals surface area contributed by atoms with Crippen molar-refractivity contribution >= 4 is 15.9 Å². The first-order valence-electron chi connectivity index (χ1n) is 7.42. The number of rotatable bonds is 5. The largest absolute Gasteiger partial charge is 0.394 e. The molecule has 0 bridgehead atoms. The van der Waals surface area contributed by atoms with Gasteiger partial charge in [0.05, 0.1) is 12.7 Å². The zero-order valence-corrected chi connectivity index (χ0v) is 14.5. The standard InChI is InChI=1S/C13H23BrO10/c1-21-12-10(20)8(18)11(4(2-14)22-12)24-13-9(19)7(17)6(16)5(3-15)23-13/h4-13,15-20H,2-3H2,1H3/t4-,5-,6-,7+,8-,9-,10-,11-,12-,13+/m1/s1. The Hall–Kier alpha value is 0.0800. The fourth-order valence-electron chi connectivity index (χ4n) is 2.73. The van der Waals surface area contributed by atoms with Crippen LogP contribution >= 0.6 is 15.9 Å². The van der Waals surface area contributed by atoms with Crippen LogP contribution in [-0.2, 0) is 18.9 Å². The van der Waals surface area contributed by atoms with E-state index in [-0.39, 0.29) is 5.33 Å². The molecule has 0 unspecified atom stereocenters. The minimum Gasteiger partial charge on any atom is -0.394 e. The molecule has 2 fully saturated rings. The van der Waals surface area contributed by atoms with Gasteiger partial charge in [-0.15, -0.1) is 0 Å². The SMILES string of the molecule is CO[C@@H]1O[C@H](CBr)[C@@H](O[C@@H]2O[C@H](CO)[C@@H](O)[C@H](O)[C@H]2O)[C@H](O)[C@H]1O. The predicted octanol–water partition coefficient (Wildman–Crippen LogP) is -3.34. The molecule has 2 aliphatic heterocycles. The number of aliphatic hydroxyl groups is 6. The fourth-order valence-corrected chi connectivity index (χ4v) is 3.25. The fraction of sp³-hybridized carbons (Fsp3) is 1.00. The van der Waals surface area contributed by atoms with Crippen molar-refractivity contribution in [2.45, 2.75) is 61.4 Å². The first-order valence-corrected chi connectivity index (χ1v) is 8.54. The third kappa shape index (κ3) is 3.91. The molecule has 2 rings (SSSR count). The molecule has 2 aliphatic rings. The summed E-state index contributed by atoms with van der Waals surface area (Å²) in [6.45, 7) is -0.606. The highest BCUT2D eigenvalue weighted by atomic mass is 79.9. The van der Waals surface area contributed by atoms with Crippen LogP contribution in [0.3, 0.4) is 0 Å². The zero-order valence-electron chi connectivity index (χ0n) is 12.9. The normalized spacial score (nSPS) is 50.0. The van der Waals surface area contributed by atoms with E-state index in [0.29, 0.717) is 0 Å². The van der Waals surface area contributed by atoms with Crippen LogP contribution in [0, 0.1) is 0 Å². The Kier molecular flexibility index (Phi) is 7.34. The molecule has 0 aromatic rings. The Bertz CT molecular complexity index is 397. The second-order valence-electron chi connectivity index (χ2n) is 5.71. The van der Waals surface area contributed by atoms with Gasteiger partial charge in [-0.2, -0.15) is 0 Å². The van der Waals surface area contributed by atoms with Crippen LogP contribution in [0.4, 0.5) is 0 Å². The summed E-state index contributed by atoms with van der Waals surface area (Å²) in [6.07, 6.45) is -13.1. The van der Waals surface area contributed by atoms with Gasteiger partial charge < -0.3 is 49.6 Å². The summed E-state index contributed by atoms with van der Waals surface area (Å²) >= 11 is 3.20. The molecule has 10 atom stereocenters. The molecule has 6 N–H and O–H groups in total. The minimum absolute atomic E-state index is 0.221. The molecule has 2 heterocycles. The Labute approximate surface area is 146 Å². The highest BCUT2D eigenvalue weighted by Gasteiger charge is 2.50. The van der Waals surface area contributed by atoms with E-state index in [1.165, 1.54) is 7.11 Å². The van der Waals surface area contributed by atoms with Crippen LogP contribution in [0.5, 0.6) is 0 Å². The van der Waals surface area contributed by atoms with Crippen LogP contribution in [-0.4, -0.2) is 111 Å². The van der Waals surface area contributed by atoms with E-state index in [9.17, 15) is 30.6 Å². The number of hydrogen-bond donors (Lipinski definition) is 6. The Morgan fingerprint density at radius 3 is 1.96 bits per heavy atom. The van der Waals surface area contributed by atoms with Crippen molar-refractivity contribution in [3.8, 4) is 0 Å². The molecule has 0 aromatic carbocycles.